The number of sulfonamides is 1. The number of hydrogen-bond donors (Lipinski definition) is 1. The second kappa shape index (κ2) is 9.83. The zero-order valence-electron chi connectivity index (χ0n) is 18.3. The molecule has 0 spiro atoms. The molecule has 0 atom stereocenters. The van der Waals surface area contributed by atoms with E-state index in [0.29, 0.717) is 16.9 Å². The fourth-order valence-corrected chi connectivity index (χ4v) is 4.03. The van der Waals surface area contributed by atoms with Gasteiger partial charge in [-0.1, -0.05) is 24.3 Å². The van der Waals surface area contributed by atoms with Gasteiger partial charge in [-0.25, -0.2) is 17.6 Å². The zero-order chi connectivity index (χ0) is 24.2. The van der Waals surface area contributed by atoms with Gasteiger partial charge in [0.15, 0.2) is 0 Å². The first-order chi connectivity index (χ1) is 15.6. The summed E-state index contributed by atoms with van der Waals surface area (Å²) in [5.74, 6) is -1.47. The number of carbonyl (C=O) groups is 2. The van der Waals surface area contributed by atoms with Gasteiger partial charge < -0.3 is 10.1 Å². The van der Waals surface area contributed by atoms with Gasteiger partial charge >= 0.3 is 5.97 Å². The molecule has 0 saturated heterocycles. The van der Waals surface area contributed by atoms with Crippen molar-refractivity contribution in [2.45, 2.75) is 13.5 Å². The lowest BCUT2D eigenvalue weighted by Gasteiger charge is -2.23. The van der Waals surface area contributed by atoms with E-state index in [1.807, 2.05) is 0 Å². The van der Waals surface area contributed by atoms with Crippen molar-refractivity contribution in [2.24, 2.45) is 0 Å². The largest absolute Gasteiger partial charge is 0.465 e. The van der Waals surface area contributed by atoms with Crippen molar-refractivity contribution in [3.63, 3.8) is 0 Å². The smallest absolute Gasteiger partial charge is 0.337 e. The molecule has 7 nitrogen and oxygen atoms in total. The van der Waals surface area contributed by atoms with Crippen LogP contribution in [0.4, 0.5) is 15.8 Å². The predicted octanol–water partition coefficient (Wildman–Crippen LogP) is 4.14. The first kappa shape index (κ1) is 23.9. The highest BCUT2D eigenvalue weighted by Crippen LogP contribution is 2.23. The summed E-state index contributed by atoms with van der Waals surface area (Å²) in [5, 5.41) is 2.74. The van der Waals surface area contributed by atoms with Crippen molar-refractivity contribution in [1.29, 1.82) is 0 Å². The SMILES string of the molecule is COC(=O)c1ccc(C)c(NC(=O)c2ccc(N(Cc3ccccc3F)S(C)(=O)=O)cc2)c1. The number of esters is 1. The monoisotopic (exact) mass is 470 g/mol. The quantitative estimate of drug-likeness (QED) is 0.524. The number of hydrogen-bond acceptors (Lipinski definition) is 5. The van der Waals surface area contributed by atoms with E-state index in [4.69, 9.17) is 4.74 Å². The summed E-state index contributed by atoms with van der Waals surface area (Å²) >= 11 is 0. The van der Waals surface area contributed by atoms with Gasteiger partial charge in [0.25, 0.3) is 5.91 Å². The summed E-state index contributed by atoms with van der Waals surface area (Å²) in [5.41, 5.74) is 2.29. The number of ether oxygens (including phenoxy) is 1. The third-order valence-electron chi connectivity index (χ3n) is 5.00. The van der Waals surface area contributed by atoms with Crippen LogP contribution in [0, 0.1) is 12.7 Å². The normalized spacial score (nSPS) is 11.0. The lowest BCUT2D eigenvalue weighted by molar-refractivity contribution is 0.0600. The van der Waals surface area contributed by atoms with Gasteiger partial charge in [0.1, 0.15) is 5.82 Å². The summed E-state index contributed by atoms with van der Waals surface area (Å²) in [6, 6.07) is 16.7. The van der Waals surface area contributed by atoms with E-state index in [9.17, 15) is 22.4 Å². The Morgan fingerprint density at radius 1 is 1.00 bits per heavy atom. The molecule has 0 radical (unpaired) electrons. The summed E-state index contributed by atoms with van der Waals surface area (Å²) in [7, 11) is -2.44. The Hall–Kier alpha value is -3.72. The van der Waals surface area contributed by atoms with Gasteiger partial charge in [-0.05, 0) is 55.0 Å². The first-order valence-corrected chi connectivity index (χ1v) is 11.8. The molecule has 1 amide bonds. The van der Waals surface area contributed by atoms with Gasteiger partial charge in [0.05, 0.1) is 31.2 Å². The Morgan fingerprint density at radius 3 is 2.24 bits per heavy atom. The number of aryl methyl sites for hydroxylation is 1. The molecular formula is C24H23FN2O5S. The Morgan fingerprint density at radius 2 is 1.64 bits per heavy atom. The molecule has 172 valence electrons. The van der Waals surface area contributed by atoms with Crippen molar-refractivity contribution in [3.05, 3.63) is 94.8 Å². The Kier molecular flexibility index (Phi) is 7.13. The molecule has 33 heavy (non-hydrogen) atoms. The van der Waals surface area contributed by atoms with Crippen LogP contribution >= 0.6 is 0 Å². The maximum absolute atomic E-state index is 14.1. The number of anilines is 2. The van der Waals surface area contributed by atoms with Crippen molar-refractivity contribution in [3.8, 4) is 0 Å². The molecule has 0 heterocycles. The summed E-state index contributed by atoms with van der Waals surface area (Å²) < 4.78 is 44.5. The van der Waals surface area contributed by atoms with Crippen LogP contribution < -0.4 is 9.62 Å². The highest BCUT2D eigenvalue weighted by molar-refractivity contribution is 7.92. The molecule has 0 saturated carbocycles. The summed E-state index contributed by atoms with van der Waals surface area (Å²) in [6.45, 7) is 1.60. The fourth-order valence-electron chi connectivity index (χ4n) is 3.16. The van der Waals surface area contributed by atoms with E-state index in [1.165, 1.54) is 55.6 Å². The molecule has 0 fully saturated rings. The van der Waals surface area contributed by atoms with Crippen LogP contribution in [0.1, 0.15) is 31.8 Å². The van der Waals surface area contributed by atoms with Gasteiger partial charge in [0.2, 0.25) is 10.0 Å². The summed E-state index contributed by atoms with van der Waals surface area (Å²) in [6.07, 6.45) is 1.03. The van der Waals surface area contributed by atoms with Crippen LogP contribution in [-0.2, 0) is 21.3 Å². The van der Waals surface area contributed by atoms with E-state index in [2.05, 4.69) is 5.32 Å². The second-order valence-electron chi connectivity index (χ2n) is 7.38. The molecule has 0 aliphatic carbocycles. The van der Waals surface area contributed by atoms with Crippen molar-refractivity contribution in [2.75, 3.05) is 23.0 Å². The lowest BCUT2D eigenvalue weighted by Crippen LogP contribution is -2.29. The van der Waals surface area contributed by atoms with Crippen molar-refractivity contribution in [1.82, 2.24) is 0 Å². The maximum atomic E-state index is 14.1. The van der Waals surface area contributed by atoms with Crippen LogP contribution in [0.5, 0.6) is 0 Å². The van der Waals surface area contributed by atoms with E-state index in [-0.39, 0.29) is 17.7 Å². The molecule has 0 aromatic heterocycles. The van der Waals surface area contributed by atoms with Gasteiger partial charge in [0, 0.05) is 16.8 Å². The molecule has 9 heteroatoms. The number of methoxy groups -OCH3 is 1. The van der Waals surface area contributed by atoms with Crippen molar-refractivity contribution < 1.29 is 27.1 Å². The Labute approximate surface area is 191 Å². The number of carbonyl (C=O) groups excluding carboxylic acids is 2. The van der Waals surface area contributed by atoms with Crippen LogP contribution in [0.15, 0.2) is 66.7 Å². The maximum Gasteiger partial charge on any atom is 0.337 e. The molecule has 0 aliphatic rings. The average molecular weight is 471 g/mol. The van der Waals surface area contributed by atoms with Crippen LogP contribution in [0.3, 0.4) is 0 Å². The molecule has 3 rings (SSSR count). The molecule has 3 aromatic carbocycles. The van der Waals surface area contributed by atoms with Crippen LogP contribution in [0.25, 0.3) is 0 Å². The number of benzene rings is 3. The average Bonchev–Trinajstić information content (AvgIpc) is 2.78. The molecule has 0 unspecified atom stereocenters. The molecule has 1 N–H and O–H groups in total. The van der Waals surface area contributed by atoms with Crippen molar-refractivity contribution >= 4 is 33.3 Å². The van der Waals surface area contributed by atoms with E-state index in [1.54, 1.807) is 25.1 Å². The third-order valence-corrected chi connectivity index (χ3v) is 6.14. The van der Waals surface area contributed by atoms with Gasteiger partial charge in [-0.15, -0.1) is 0 Å². The van der Waals surface area contributed by atoms with Crippen LogP contribution in [0.2, 0.25) is 0 Å². The topological polar surface area (TPSA) is 92.8 Å². The predicted molar refractivity (Wildman–Crippen MR) is 124 cm³/mol. The van der Waals surface area contributed by atoms with E-state index < -0.39 is 27.7 Å². The minimum atomic E-state index is -3.71. The standard InChI is InChI=1S/C24H23FN2O5S/c1-16-8-9-18(24(29)32-2)14-22(16)26-23(28)17-10-12-20(13-11-17)27(33(3,30)31)15-19-6-4-5-7-21(19)25/h4-14H,15H2,1-3H3,(H,26,28). The highest BCUT2D eigenvalue weighted by atomic mass is 32.2. The minimum Gasteiger partial charge on any atom is -0.465 e. The number of amides is 1. The summed E-state index contributed by atoms with van der Waals surface area (Å²) in [4.78, 5) is 24.5. The Balaban J connectivity index is 1.83. The number of nitrogens with zero attached hydrogens (tertiary/aromatic N) is 1. The highest BCUT2D eigenvalue weighted by Gasteiger charge is 2.20. The van der Waals surface area contributed by atoms with E-state index in [0.717, 1.165) is 16.1 Å². The number of rotatable bonds is 7. The molecule has 3 aromatic rings. The number of halogens is 1. The minimum absolute atomic E-state index is 0.184. The lowest BCUT2D eigenvalue weighted by atomic mass is 10.1. The fraction of sp³-hybridized carbons (Fsp3) is 0.167. The van der Waals surface area contributed by atoms with E-state index >= 15 is 0 Å². The first-order valence-electron chi connectivity index (χ1n) is 9.91. The number of nitrogens with one attached hydrogen (secondary N) is 1. The van der Waals surface area contributed by atoms with Gasteiger partial charge in [-0.3, -0.25) is 9.10 Å². The van der Waals surface area contributed by atoms with Crippen LogP contribution in [-0.4, -0.2) is 33.7 Å². The zero-order valence-corrected chi connectivity index (χ0v) is 19.1. The Bertz CT molecular complexity index is 1290. The molecule has 0 bridgehead atoms. The molecular weight excluding hydrogens is 447 g/mol. The molecule has 0 aliphatic heterocycles. The third kappa shape index (κ3) is 5.75. The van der Waals surface area contributed by atoms with Gasteiger partial charge in [-0.2, -0.15) is 0 Å². The second-order valence-corrected chi connectivity index (χ2v) is 9.29.